The number of fused-ring (bicyclic) bond motifs is 2. The number of alkyl halides is 2. The van der Waals surface area contributed by atoms with Gasteiger partial charge in [-0.15, -0.1) is 0 Å². The highest BCUT2D eigenvalue weighted by atomic mass is 19.3. The zero-order valence-electron chi connectivity index (χ0n) is 11.8. The summed E-state index contributed by atoms with van der Waals surface area (Å²) in [6.45, 7) is 2.74. The number of rotatable bonds is 0. The van der Waals surface area contributed by atoms with E-state index in [0.717, 1.165) is 0 Å². The number of ether oxygens (including phenoxy) is 2. The normalized spacial score (nSPS) is 29.0. The average Bonchev–Trinajstić information content (AvgIpc) is 2.35. The van der Waals surface area contributed by atoms with Crippen molar-refractivity contribution < 1.29 is 18.3 Å². The number of aliphatic imine (C=N–C) groups is 1. The predicted molar refractivity (Wildman–Crippen MR) is 74.4 cm³/mol. The molecule has 2 aliphatic heterocycles. The molecular weight excluding hydrogens is 280 g/mol. The smallest absolute Gasteiger partial charge is 0.310 e. The van der Waals surface area contributed by atoms with Gasteiger partial charge in [0.25, 0.3) is 6.02 Å². The van der Waals surface area contributed by atoms with Crippen LogP contribution in [0.2, 0.25) is 0 Å². The Morgan fingerprint density at radius 2 is 1.90 bits per heavy atom. The lowest BCUT2D eigenvalue weighted by molar-refractivity contribution is -0.211. The molecule has 0 aromatic heterocycles. The van der Waals surface area contributed by atoms with E-state index in [-0.39, 0.29) is 18.0 Å². The van der Waals surface area contributed by atoms with E-state index >= 15 is 0 Å². The molecule has 0 radical (unpaired) electrons. The van der Waals surface area contributed by atoms with Crippen LogP contribution >= 0.6 is 0 Å². The van der Waals surface area contributed by atoms with Crippen LogP contribution in [0.1, 0.15) is 25.8 Å². The Kier molecular flexibility index (Phi) is 2.64. The summed E-state index contributed by atoms with van der Waals surface area (Å²) in [6.07, 6.45) is -0.0559. The van der Waals surface area contributed by atoms with Crippen LogP contribution in [0, 0.1) is 0 Å². The van der Waals surface area contributed by atoms with Gasteiger partial charge in [-0.05, 0) is 32.0 Å². The minimum Gasteiger partial charge on any atom is -0.487 e. The van der Waals surface area contributed by atoms with Crippen molar-refractivity contribution in [2.75, 3.05) is 12.3 Å². The van der Waals surface area contributed by atoms with Crippen LogP contribution in [-0.4, -0.2) is 24.1 Å². The SMILES string of the molecule is CC1(C)C[C@@]2(OC(N)=NCC2(F)F)c2cc(N)ccc2O1. The molecule has 114 valence electrons. The third-order valence-corrected chi connectivity index (χ3v) is 3.80. The summed E-state index contributed by atoms with van der Waals surface area (Å²) in [5.41, 5.74) is 9.14. The number of nitrogens with two attached hydrogens (primary N) is 2. The molecule has 0 saturated carbocycles. The lowest BCUT2D eigenvalue weighted by Crippen LogP contribution is -2.60. The highest BCUT2D eigenvalue weighted by Gasteiger charge is 2.64. The second-order valence-electron chi connectivity index (χ2n) is 6.08. The molecule has 3 rings (SSSR count). The maximum atomic E-state index is 14.7. The van der Waals surface area contributed by atoms with Gasteiger partial charge in [-0.25, -0.2) is 4.99 Å². The van der Waals surface area contributed by atoms with E-state index in [0.29, 0.717) is 11.4 Å². The first-order valence-corrected chi connectivity index (χ1v) is 6.61. The fraction of sp³-hybridized carbons (Fsp3) is 0.500. The van der Waals surface area contributed by atoms with Gasteiger partial charge < -0.3 is 20.9 Å². The van der Waals surface area contributed by atoms with Gasteiger partial charge in [-0.3, -0.25) is 0 Å². The van der Waals surface area contributed by atoms with Crippen LogP contribution in [0.3, 0.4) is 0 Å². The molecular formula is C14H17F2N3O2. The Labute approximate surface area is 120 Å². The first kappa shape index (κ1) is 13.9. The van der Waals surface area contributed by atoms with E-state index in [4.69, 9.17) is 20.9 Å². The quantitative estimate of drug-likeness (QED) is 0.718. The zero-order chi connectivity index (χ0) is 15.5. The Balaban J connectivity index is 2.26. The predicted octanol–water partition coefficient (Wildman–Crippen LogP) is 2.01. The first-order valence-electron chi connectivity index (χ1n) is 6.61. The van der Waals surface area contributed by atoms with Crippen molar-refractivity contribution in [2.45, 2.75) is 37.4 Å². The molecule has 0 saturated heterocycles. The number of hydrogen-bond acceptors (Lipinski definition) is 5. The summed E-state index contributed by atoms with van der Waals surface area (Å²) in [5.74, 6) is -2.88. The highest BCUT2D eigenvalue weighted by Crippen LogP contribution is 2.54. The van der Waals surface area contributed by atoms with Crippen molar-refractivity contribution in [1.82, 2.24) is 0 Å². The molecule has 2 aliphatic rings. The average molecular weight is 297 g/mol. The largest absolute Gasteiger partial charge is 0.487 e. The summed E-state index contributed by atoms with van der Waals surface area (Å²) in [6, 6.07) is 4.39. The lowest BCUT2D eigenvalue weighted by atomic mass is 9.75. The summed E-state index contributed by atoms with van der Waals surface area (Å²) < 4.78 is 40.5. The standard InChI is InChI=1S/C14H17F2N3O2/c1-12(2)6-13(14(15,16)7-19-11(18)21-13)9-5-8(17)3-4-10(9)20-12/h3-5H,6-7,17H2,1-2H3,(H2,18,19)/t13-/m1/s1. The monoisotopic (exact) mass is 297 g/mol. The summed E-state index contributed by atoms with van der Waals surface area (Å²) in [7, 11) is 0. The molecule has 0 unspecified atom stereocenters. The van der Waals surface area contributed by atoms with Gasteiger partial charge in [0.2, 0.25) is 5.60 Å². The van der Waals surface area contributed by atoms with E-state index in [9.17, 15) is 8.78 Å². The van der Waals surface area contributed by atoms with Crippen molar-refractivity contribution >= 4 is 11.7 Å². The molecule has 0 fully saturated rings. The van der Waals surface area contributed by atoms with Gasteiger partial charge in [0.15, 0.2) is 0 Å². The molecule has 21 heavy (non-hydrogen) atoms. The number of nitrogen functional groups attached to an aromatic ring is 1. The number of amidine groups is 1. The van der Waals surface area contributed by atoms with Crippen LogP contribution in [0.25, 0.3) is 0 Å². The van der Waals surface area contributed by atoms with Gasteiger partial charge in [0.05, 0.1) is 0 Å². The van der Waals surface area contributed by atoms with Crippen LogP contribution in [-0.2, 0) is 10.3 Å². The van der Waals surface area contributed by atoms with Gasteiger partial charge >= 0.3 is 5.92 Å². The molecule has 5 nitrogen and oxygen atoms in total. The highest BCUT2D eigenvalue weighted by molar-refractivity contribution is 5.74. The van der Waals surface area contributed by atoms with E-state index in [2.05, 4.69) is 4.99 Å². The number of halogens is 2. The minimum absolute atomic E-state index is 0.0559. The summed E-state index contributed by atoms with van der Waals surface area (Å²) >= 11 is 0. The second kappa shape index (κ2) is 3.99. The molecule has 1 aromatic rings. The van der Waals surface area contributed by atoms with Crippen molar-refractivity contribution in [3.8, 4) is 5.75 Å². The number of benzene rings is 1. The zero-order valence-corrected chi connectivity index (χ0v) is 11.8. The molecule has 1 aromatic carbocycles. The van der Waals surface area contributed by atoms with E-state index in [1.807, 2.05) is 0 Å². The fourth-order valence-electron chi connectivity index (χ4n) is 2.99. The first-order chi connectivity index (χ1) is 9.65. The van der Waals surface area contributed by atoms with Crippen LogP contribution in [0.15, 0.2) is 23.2 Å². The molecule has 1 spiro atoms. The maximum absolute atomic E-state index is 14.7. The number of anilines is 1. The van der Waals surface area contributed by atoms with Gasteiger partial charge in [-0.1, -0.05) is 0 Å². The summed E-state index contributed by atoms with van der Waals surface area (Å²) in [4.78, 5) is 3.53. The Morgan fingerprint density at radius 3 is 2.62 bits per heavy atom. The Morgan fingerprint density at radius 1 is 1.19 bits per heavy atom. The van der Waals surface area contributed by atoms with Crippen molar-refractivity contribution in [3.63, 3.8) is 0 Å². The maximum Gasteiger partial charge on any atom is 0.310 e. The molecule has 7 heteroatoms. The Bertz CT molecular complexity index is 631. The van der Waals surface area contributed by atoms with Crippen molar-refractivity contribution in [2.24, 2.45) is 10.7 Å². The van der Waals surface area contributed by atoms with E-state index < -0.39 is 23.7 Å². The molecule has 4 N–H and O–H groups in total. The molecule has 0 amide bonds. The van der Waals surface area contributed by atoms with Crippen molar-refractivity contribution in [1.29, 1.82) is 0 Å². The molecule has 1 atom stereocenters. The van der Waals surface area contributed by atoms with Gasteiger partial charge in [0, 0.05) is 17.7 Å². The molecule has 0 bridgehead atoms. The topological polar surface area (TPSA) is 82.9 Å². The number of nitrogens with zero attached hydrogens (tertiary/aromatic N) is 1. The van der Waals surface area contributed by atoms with Crippen LogP contribution < -0.4 is 16.2 Å². The van der Waals surface area contributed by atoms with E-state index in [1.54, 1.807) is 26.0 Å². The van der Waals surface area contributed by atoms with Gasteiger partial charge in [0.1, 0.15) is 17.9 Å². The van der Waals surface area contributed by atoms with E-state index in [1.165, 1.54) is 6.07 Å². The third kappa shape index (κ3) is 1.99. The van der Waals surface area contributed by atoms with Crippen LogP contribution in [0.5, 0.6) is 5.75 Å². The molecule has 2 heterocycles. The number of hydrogen-bond donors (Lipinski definition) is 2. The Hall–Kier alpha value is -2.05. The van der Waals surface area contributed by atoms with Crippen molar-refractivity contribution in [3.05, 3.63) is 23.8 Å². The fourth-order valence-corrected chi connectivity index (χ4v) is 2.99. The summed E-state index contributed by atoms with van der Waals surface area (Å²) in [5, 5.41) is 0. The third-order valence-electron chi connectivity index (χ3n) is 3.80. The molecule has 0 aliphatic carbocycles. The minimum atomic E-state index is -3.21. The lowest BCUT2D eigenvalue weighted by Gasteiger charge is -2.49. The van der Waals surface area contributed by atoms with Gasteiger partial charge in [-0.2, -0.15) is 8.78 Å². The van der Waals surface area contributed by atoms with Crippen LogP contribution in [0.4, 0.5) is 14.5 Å². The second-order valence-corrected chi connectivity index (χ2v) is 6.08.